The second-order valence-electron chi connectivity index (χ2n) is 9.91. The molecular formula is C28H35N7O2S. The van der Waals surface area contributed by atoms with E-state index < -0.39 is 10.8 Å². The summed E-state index contributed by atoms with van der Waals surface area (Å²) in [4.78, 5) is 38.9. The third-order valence-electron chi connectivity index (χ3n) is 6.74. The van der Waals surface area contributed by atoms with Crippen LogP contribution in [0, 0.1) is 6.92 Å². The number of piperazine rings is 1. The topological polar surface area (TPSA) is 113 Å². The van der Waals surface area contributed by atoms with Crippen molar-refractivity contribution >= 4 is 34.1 Å². The van der Waals surface area contributed by atoms with Crippen LogP contribution >= 0.6 is 0 Å². The largest absolute Gasteiger partial charge is 0.333 e. The van der Waals surface area contributed by atoms with E-state index in [1.54, 1.807) is 35.8 Å². The fourth-order valence-electron chi connectivity index (χ4n) is 4.25. The number of aromatic nitrogens is 3. The van der Waals surface area contributed by atoms with Crippen molar-refractivity contribution in [3.05, 3.63) is 65.2 Å². The van der Waals surface area contributed by atoms with Crippen LogP contribution in [0.3, 0.4) is 0 Å². The molecule has 2 atom stereocenters. The number of amides is 1. The molecule has 200 valence electrons. The maximum Gasteiger partial charge on any atom is 0.295 e. The van der Waals surface area contributed by atoms with Gasteiger partial charge in [-0.1, -0.05) is 13.5 Å². The van der Waals surface area contributed by atoms with Crippen molar-refractivity contribution in [3.63, 3.8) is 0 Å². The Morgan fingerprint density at radius 1 is 1.26 bits per heavy atom. The molecule has 2 aromatic heterocycles. The Hall–Kier alpha value is -3.53. The maximum absolute atomic E-state index is 13.8. The van der Waals surface area contributed by atoms with Crippen LogP contribution in [0.1, 0.15) is 75.5 Å². The van der Waals surface area contributed by atoms with Crippen molar-refractivity contribution in [3.8, 4) is 0 Å². The molecule has 1 saturated carbocycles. The van der Waals surface area contributed by atoms with Gasteiger partial charge in [-0.2, -0.15) is 0 Å². The van der Waals surface area contributed by atoms with Gasteiger partial charge in [0, 0.05) is 30.0 Å². The molecule has 0 radical (unpaired) electrons. The van der Waals surface area contributed by atoms with Gasteiger partial charge < -0.3 is 5.32 Å². The van der Waals surface area contributed by atoms with Crippen LogP contribution < -0.4 is 5.32 Å². The van der Waals surface area contributed by atoms with Gasteiger partial charge in [-0.25, -0.2) is 15.0 Å². The summed E-state index contributed by atoms with van der Waals surface area (Å²) in [5.41, 5.74) is 5.55. The molecule has 2 aliphatic rings. The minimum Gasteiger partial charge on any atom is -0.333 e. The van der Waals surface area contributed by atoms with Crippen molar-refractivity contribution in [2.24, 2.45) is 9.98 Å². The first kappa shape index (κ1) is 27.5. The van der Waals surface area contributed by atoms with Crippen LogP contribution in [0.4, 0.5) is 0 Å². The number of rotatable bonds is 8. The molecule has 4 rings (SSSR count). The second kappa shape index (κ2) is 11.5. The number of nitrogens with zero attached hydrogens (tertiary/aromatic N) is 6. The average molecular weight is 534 g/mol. The summed E-state index contributed by atoms with van der Waals surface area (Å²) in [7, 11) is -1.10. The van der Waals surface area contributed by atoms with Gasteiger partial charge in [-0.15, -0.1) is 0 Å². The minimum atomic E-state index is -1.10. The number of aliphatic imine (C=N–C) groups is 2. The smallest absolute Gasteiger partial charge is 0.295 e. The first-order valence-electron chi connectivity index (χ1n) is 12.8. The van der Waals surface area contributed by atoms with Crippen LogP contribution in [0.15, 0.2) is 57.4 Å². The monoisotopic (exact) mass is 533 g/mol. The zero-order chi connectivity index (χ0) is 27.6. The lowest BCUT2D eigenvalue weighted by Crippen LogP contribution is -2.57. The predicted octanol–water partition coefficient (Wildman–Crippen LogP) is 4.29. The maximum atomic E-state index is 13.8. The number of carbonyl (C=O) groups is 1. The van der Waals surface area contributed by atoms with E-state index in [1.807, 2.05) is 34.6 Å². The quantitative estimate of drug-likeness (QED) is 0.542. The van der Waals surface area contributed by atoms with E-state index in [0.717, 1.165) is 47.5 Å². The lowest BCUT2D eigenvalue weighted by Gasteiger charge is -2.36. The van der Waals surface area contributed by atoms with Gasteiger partial charge >= 0.3 is 0 Å². The van der Waals surface area contributed by atoms with Crippen molar-refractivity contribution in [2.75, 3.05) is 6.26 Å². The molecule has 38 heavy (non-hydrogen) atoms. The van der Waals surface area contributed by atoms with E-state index in [1.165, 1.54) is 0 Å². The van der Waals surface area contributed by atoms with Gasteiger partial charge in [0.05, 0.1) is 50.7 Å². The molecule has 1 aliphatic heterocycles. The van der Waals surface area contributed by atoms with E-state index in [4.69, 9.17) is 4.99 Å². The van der Waals surface area contributed by atoms with Crippen LogP contribution in [-0.4, -0.2) is 53.9 Å². The molecule has 3 heterocycles. The predicted molar refractivity (Wildman–Crippen MR) is 151 cm³/mol. The van der Waals surface area contributed by atoms with Crippen molar-refractivity contribution in [1.29, 1.82) is 0 Å². The lowest BCUT2D eigenvalue weighted by atomic mass is 10.0. The molecule has 0 bridgehead atoms. The molecule has 2 fully saturated rings. The molecule has 0 aromatic carbocycles. The number of amidine groups is 2. The number of hydrogen-bond acceptors (Lipinski definition) is 7. The summed E-state index contributed by atoms with van der Waals surface area (Å²) >= 11 is 0. The fraction of sp³-hybridized carbons (Fsp3) is 0.429. The molecular weight excluding hydrogens is 498 g/mol. The molecule has 1 N–H and O–H groups in total. The minimum absolute atomic E-state index is 0.122. The Labute approximate surface area is 226 Å². The third-order valence-corrected chi connectivity index (χ3v) is 7.64. The summed E-state index contributed by atoms with van der Waals surface area (Å²) < 4.78 is 11.7. The zero-order valence-electron chi connectivity index (χ0n) is 22.9. The van der Waals surface area contributed by atoms with E-state index in [9.17, 15) is 9.00 Å². The van der Waals surface area contributed by atoms with E-state index in [2.05, 4.69) is 31.8 Å². The Balaban J connectivity index is 1.72. The van der Waals surface area contributed by atoms with Gasteiger partial charge in [0.1, 0.15) is 6.33 Å². The van der Waals surface area contributed by atoms with Gasteiger partial charge in [0.25, 0.3) is 5.91 Å². The second-order valence-corrected chi connectivity index (χ2v) is 11.3. The molecule has 10 heteroatoms. The Kier molecular flexibility index (Phi) is 8.30. The SMILES string of the molecule is C=C(N=C1C(=C(C)C)NC(=NCc2ccc(S(C)=O)cn2)C(=O)N1[C@@H](C)CC)c1c(C)ncnc1C1CC1. The Morgan fingerprint density at radius 3 is 2.58 bits per heavy atom. The molecule has 0 spiro atoms. The number of hydrogen-bond donors (Lipinski definition) is 1. The highest BCUT2D eigenvalue weighted by atomic mass is 32.2. The van der Waals surface area contributed by atoms with Crippen molar-refractivity contribution < 1.29 is 9.00 Å². The van der Waals surface area contributed by atoms with E-state index in [0.29, 0.717) is 28.0 Å². The fourth-order valence-corrected chi connectivity index (χ4v) is 4.71. The molecule has 1 aliphatic carbocycles. The zero-order valence-corrected chi connectivity index (χ0v) is 23.7. The average Bonchev–Trinajstić information content (AvgIpc) is 3.73. The van der Waals surface area contributed by atoms with Gasteiger partial charge in [-0.3, -0.25) is 23.9 Å². The number of aryl methyl sites for hydroxylation is 1. The first-order valence-corrected chi connectivity index (χ1v) is 14.4. The highest BCUT2D eigenvalue weighted by Crippen LogP contribution is 2.42. The Morgan fingerprint density at radius 2 is 2.00 bits per heavy atom. The van der Waals surface area contributed by atoms with Gasteiger partial charge in [0.15, 0.2) is 11.7 Å². The summed E-state index contributed by atoms with van der Waals surface area (Å²) in [6, 6.07) is 3.42. The van der Waals surface area contributed by atoms with Crippen LogP contribution in [-0.2, 0) is 22.1 Å². The molecule has 9 nitrogen and oxygen atoms in total. The highest BCUT2D eigenvalue weighted by Gasteiger charge is 2.37. The standard InChI is InChI=1S/C28H35N7O2S/c1-8-17(4)35-27(33-19(6)23-18(5)31-15-32-25(23)20-9-10-20)24(16(2)3)34-26(28(35)36)30-13-21-11-12-22(14-29-21)38(7)37/h11-12,14-15,17,20H,6,8-10,13H2,1-5,7H3,(H,30,34)/t17-,38?/m0/s1. The third kappa shape index (κ3) is 5.80. The molecule has 1 saturated heterocycles. The van der Waals surface area contributed by atoms with Crippen LogP contribution in [0.5, 0.6) is 0 Å². The number of carbonyl (C=O) groups excluding carboxylic acids is 1. The lowest BCUT2D eigenvalue weighted by molar-refractivity contribution is -0.122. The van der Waals surface area contributed by atoms with Gasteiger partial charge in [-0.05, 0) is 64.7 Å². The van der Waals surface area contributed by atoms with Crippen LogP contribution in [0.2, 0.25) is 0 Å². The molecule has 1 unspecified atom stereocenters. The van der Waals surface area contributed by atoms with Gasteiger partial charge in [0.2, 0.25) is 0 Å². The summed E-state index contributed by atoms with van der Waals surface area (Å²) in [6.07, 6.45) is 7.71. The van der Waals surface area contributed by atoms with Crippen LogP contribution in [0.25, 0.3) is 5.70 Å². The number of nitrogens with one attached hydrogen (secondary N) is 1. The Bertz CT molecular complexity index is 1370. The summed E-state index contributed by atoms with van der Waals surface area (Å²) in [6.45, 7) is 14.4. The summed E-state index contributed by atoms with van der Waals surface area (Å²) in [5.74, 6) is 0.896. The summed E-state index contributed by atoms with van der Waals surface area (Å²) in [5, 5.41) is 3.24. The highest BCUT2D eigenvalue weighted by molar-refractivity contribution is 7.84. The molecule has 2 aromatic rings. The number of pyridine rings is 1. The van der Waals surface area contributed by atoms with E-state index in [-0.39, 0.29) is 24.3 Å². The van der Waals surface area contributed by atoms with Crippen molar-refractivity contribution in [2.45, 2.75) is 77.3 Å². The number of allylic oxidation sites excluding steroid dienone is 1. The molecule has 1 amide bonds. The first-order chi connectivity index (χ1) is 18.1. The van der Waals surface area contributed by atoms with E-state index >= 15 is 0 Å². The normalized spacial score (nSPS) is 19.5. The van der Waals surface area contributed by atoms with Crippen molar-refractivity contribution in [1.82, 2.24) is 25.2 Å².